The Morgan fingerprint density at radius 3 is 3.09 bits per heavy atom. The summed E-state index contributed by atoms with van der Waals surface area (Å²) < 4.78 is 30.3. The maximum absolute atomic E-state index is 12.1. The fourth-order valence-corrected chi connectivity index (χ4v) is 4.41. The smallest absolute Gasteiger partial charge is 0.328 e. The van der Waals surface area contributed by atoms with Gasteiger partial charge in [-0.2, -0.15) is 0 Å². The monoisotopic (exact) mass is 340 g/mol. The summed E-state index contributed by atoms with van der Waals surface area (Å²) in [6.45, 7) is 3.07. The van der Waals surface area contributed by atoms with E-state index in [1.54, 1.807) is 23.8 Å². The molecule has 2 aromatic heterocycles. The molecule has 0 aromatic carbocycles. The standard InChI is InChI=1S/C13H17N4O5P/c1-13(18)9-8(5-20-23(2,19)22-9)21-12(13)17-4-3-7-10(14)15-6-16-11(7)17/h3-4,6,8-9,12,18H,5H2,1-2H3,(H2,14,15,16)/t8-,9-,12-,13-,23?/m1/s1. The van der Waals surface area contributed by atoms with Crippen LogP contribution >= 0.6 is 7.60 Å². The van der Waals surface area contributed by atoms with Crippen molar-refractivity contribution in [3.05, 3.63) is 18.6 Å². The van der Waals surface area contributed by atoms with Gasteiger partial charge in [0.1, 0.15) is 35.6 Å². The molecule has 9 nitrogen and oxygen atoms in total. The van der Waals surface area contributed by atoms with Crippen molar-refractivity contribution < 1.29 is 23.5 Å². The number of aromatic nitrogens is 3. The van der Waals surface area contributed by atoms with Crippen molar-refractivity contribution in [1.29, 1.82) is 0 Å². The molecule has 0 aliphatic carbocycles. The van der Waals surface area contributed by atoms with Crippen LogP contribution in [0.5, 0.6) is 0 Å². The van der Waals surface area contributed by atoms with E-state index in [4.69, 9.17) is 19.5 Å². The van der Waals surface area contributed by atoms with Crippen LogP contribution in [0.3, 0.4) is 0 Å². The van der Waals surface area contributed by atoms with Gasteiger partial charge in [0.25, 0.3) is 0 Å². The van der Waals surface area contributed by atoms with Crippen LogP contribution in [0.15, 0.2) is 18.6 Å². The van der Waals surface area contributed by atoms with Gasteiger partial charge in [0.15, 0.2) is 6.23 Å². The number of nitrogens with two attached hydrogens (primary N) is 1. The molecule has 0 bridgehead atoms. The fourth-order valence-electron chi connectivity index (χ4n) is 3.17. The predicted octanol–water partition coefficient (Wildman–Crippen LogP) is 0.900. The molecular weight excluding hydrogens is 323 g/mol. The van der Waals surface area contributed by atoms with E-state index in [0.29, 0.717) is 16.9 Å². The van der Waals surface area contributed by atoms with Gasteiger partial charge in [-0.15, -0.1) is 0 Å². The topological polar surface area (TPSA) is 122 Å². The first kappa shape index (κ1) is 15.0. The molecule has 0 spiro atoms. The van der Waals surface area contributed by atoms with E-state index in [-0.39, 0.29) is 6.61 Å². The SMILES string of the molecule is C[C@@]1(O)[C@@H]2OP(C)(=O)OC[C@H]2O[C@H]1n1ccc2c(N)ncnc21. The lowest BCUT2D eigenvalue weighted by Gasteiger charge is -2.34. The quantitative estimate of drug-likeness (QED) is 0.734. The number of fused-ring (bicyclic) bond motifs is 2. The molecular formula is C13H17N4O5P. The average molecular weight is 340 g/mol. The van der Waals surface area contributed by atoms with Crippen LogP contribution in [0.1, 0.15) is 13.2 Å². The van der Waals surface area contributed by atoms with Crippen LogP contribution in [-0.2, 0) is 18.3 Å². The largest absolute Gasteiger partial charge is 0.383 e. The molecule has 2 aliphatic heterocycles. The average Bonchev–Trinajstić information content (AvgIpc) is 2.99. The number of nitrogen functional groups attached to an aromatic ring is 1. The molecule has 4 heterocycles. The lowest BCUT2D eigenvalue weighted by atomic mass is 9.96. The summed E-state index contributed by atoms with van der Waals surface area (Å²) in [6, 6.07) is 1.76. The Hall–Kier alpha value is -1.51. The maximum Gasteiger partial charge on any atom is 0.328 e. The van der Waals surface area contributed by atoms with Crippen LogP contribution in [0, 0.1) is 0 Å². The van der Waals surface area contributed by atoms with Crippen molar-refractivity contribution in [3.63, 3.8) is 0 Å². The van der Waals surface area contributed by atoms with Crippen molar-refractivity contribution in [2.45, 2.75) is 31.0 Å². The normalized spacial score (nSPS) is 40.4. The number of hydrogen-bond donors (Lipinski definition) is 2. The van der Waals surface area contributed by atoms with Gasteiger partial charge in [-0.05, 0) is 13.0 Å². The molecule has 3 N–H and O–H groups in total. The predicted molar refractivity (Wildman–Crippen MR) is 80.8 cm³/mol. The molecule has 0 saturated carbocycles. The summed E-state index contributed by atoms with van der Waals surface area (Å²) in [6.07, 6.45) is 1.02. The fraction of sp³-hybridized carbons (Fsp3) is 0.538. The number of rotatable bonds is 1. The van der Waals surface area contributed by atoms with Crippen molar-refractivity contribution in [2.24, 2.45) is 0 Å². The summed E-state index contributed by atoms with van der Waals surface area (Å²) in [4.78, 5) is 8.16. The summed E-state index contributed by atoms with van der Waals surface area (Å²) >= 11 is 0. The third-order valence-electron chi connectivity index (χ3n) is 4.29. The molecule has 2 aliphatic rings. The number of aliphatic hydroxyl groups is 1. The van der Waals surface area contributed by atoms with E-state index in [1.807, 2.05) is 0 Å². The van der Waals surface area contributed by atoms with Gasteiger partial charge in [0.2, 0.25) is 0 Å². The highest BCUT2D eigenvalue weighted by molar-refractivity contribution is 7.53. The Morgan fingerprint density at radius 1 is 1.52 bits per heavy atom. The zero-order valence-corrected chi connectivity index (χ0v) is 13.5. The molecule has 1 unspecified atom stereocenters. The number of anilines is 1. The van der Waals surface area contributed by atoms with Crippen LogP contribution in [0.4, 0.5) is 5.82 Å². The molecule has 124 valence electrons. The summed E-state index contributed by atoms with van der Waals surface area (Å²) in [5.41, 5.74) is 4.97. The van der Waals surface area contributed by atoms with E-state index >= 15 is 0 Å². The number of nitrogens with zero attached hydrogens (tertiary/aromatic N) is 3. The van der Waals surface area contributed by atoms with Gasteiger partial charge >= 0.3 is 7.60 Å². The minimum atomic E-state index is -3.19. The Kier molecular flexibility index (Phi) is 3.11. The summed E-state index contributed by atoms with van der Waals surface area (Å²) in [5.74, 6) is 0.349. The van der Waals surface area contributed by atoms with Crippen LogP contribution < -0.4 is 5.73 Å². The van der Waals surface area contributed by atoms with Gasteiger partial charge < -0.3 is 24.7 Å². The van der Waals surface area contributed by atoms with Gasteiger partial charge in [0, 0.05) is 12.9 Å². The molecule has 10 heteroatoms. The lowest BCUT2D eigenvalue weighted by molar-refractivity contribution is -0.0885. The van der Waals surface area contributed by atoms with E-state index < -0.39 is 31.6 Å². The highest BCUT2D eigenvalue weighted by Crippen LogP contribution is 2.55. The van der Waals surface area contributed by atoms with E-state index in [0.717, 1.165) is 0 Å². The van der Waals surface area contributed by atoms with Gasteiger partial charge in [-0.3, -0.25) is 9.09 Å². The first-order chi connectivity index (χ1) is 10.8. The third kappa shape index (κ3) is 2.20. The Bertz CT molecular complexity index is 822. The molecule has 2 aromatic rings. The van der Waals surface area contributed by atoms with E-state index in [2.05, 4.69) is 9.97 Å². The number of hydrogen-bond acceptors (Lipinski definition) is 8. The van der Waals surface area contributed by atoms with E-state index in [9.17, 15) is 9.67 Å². The van der Waals surface area contributed by atoms with Gasteiger partial charge in [-0.1, -0.05) is 0 Å². The minimum Gasteiger partial charge on any atom is -0.383 e. The number of ether oxygens (including phenoxy) is 1. The van der Waals surface area contributed by atoms with E-state index in [1.165, 1.54) is 13.0 Å². The Morgan fingerprint density at radius 2 is 2.30 bits per heavy atom. The van der Waals surface area contributed by atoms with Crippen molar-refractivity contribution >= 4 is 24.4 Å². The van der Waals surface area contributed by atoms with Gasteiger partial charge in [-0.25, -0.2) is 9.97 Å². The second-order valence-electron chi connectivity index (χ2n) is 6.07. The first-order valence-electron chi connectivity index (χ1n) is 7.15. The highest BCUT2D eigenvalue weighted by atomic mass is 31.2. The Balaban J connectivity index is 1.77. The molecule has 4 rings (SSSR count). The molecule has 0 amide bonds. The van der Waals surface area contributed by atoms with Crippen LogP contribution in [-0.4, -0.2) is 50.7 Å². The van der Waals surface area contributed by atoms with Crippen molar-refractivity contribution in [1.82, 2.24) is 14.5 Å². The summed E-state index contributed by atoms with van der Waals surface area (Å²) in [7, 11) is -3.19. The molecule has 23 heavy (non-hydrogen) atoms. The maximum atomic E-state index is 12.1. The van der Waals surface area contributed by atoms with Crippen LogP contribution in [0.25, 0.3) is 11.0 Å². The molecule has 2 fully saturated rings. The zero-order valence-electron chi connectivity index (χ0n) is 12.6. The lowest BCUT2D eigenvalue weighted by Crippen LogP contribution is -2.47. The minimum absolute atomic E-state index is 0.0986. The summed E-state index contributed by atoms with van der Waals surface area (Å²) in [5, 5.41) is 11.6. The van der Waals surface area contributed by atoms with Crippen LogP contribution in [0.2, 0.25) is 0 Å². The molecule has 5 atom stereocenters. The second-order valence-corrected chi connectivity index (χ2v) is 8.08. The second kappa shape index (κ2) is 4.75. The first-order valence-corrected chi connectivity index (χ1v) is 9.14. The van der Waals surface area contributed by atoms with Crippen molar-refractivity contribution in [2.75, 3.05) is 19.0 Å². The Labute approximate surface area is 131 Å². The highest BCUT2D eigenvalue weighted by Gasteiger charge is 2.58. The zero-order chi connectivity index (χ0) is 16.4. The molecule has 2 saturated heterocycles. The third-order valence-corrected chi connectivity index (χ3v) is 5.52. The molecule has 0 radical (unpaired) electrons. The van der Waals surface area contributed by atoms with Gasteiger partial charge in [0.05, 0.1) is 12.0 Å². The van der Waals surface area contributed by atoms with Crippen molar-refractivity contribution in [3.8, 4) is 0 Å².